The van der Waals surface area contributed by atoms with Crippen LogP contribution in [0.2, 0.25) is 0 Å². The van der Waals surface area contributed by atoms with Crippen molar-refractivity contribution >= 4 is 23.2 Å². The second-order valence-corrected chi connectivity index (χ2v) is 7.01. The molecule has 0 N–H and O–H groups in total. The zero-order valence-corrected chi connectivity index (χ0v) is 12.8. The van der Waals surface area contributed by atoms with Gasteiger partial charge in [0, 0.05) is 16.3 Å². The lowest BCUT2D eigenvalue weighted by Gasteiger charge is -2.44. The van der Waals surface area contributed by atoms with E-state index in [4.69, 9.17) is 0 Å². The first kappa shape index (κ1) is 13.6. The van der Waals surface area contributed by atoms with Crippen LogP contribution in [-0.4, -0.2) is 40.7 Å². The monoisotopic (exact) mass is 292 g/mol. The van der Waals surface area contributed by atoms with Gasteiger partial charge in [-0.05, 0) is 45.2 Å². The summed E-state index contributed by atoms with van der Waals surface area (Å²) in [6.45, 7) is 5.06. The largest absolute Gasteiger partial charge is 0.329 e. The number of aryl methyl sites for hydroxylation is 1. The van der Waals surface area contributed by atoms with Crippen LogP contribution in [0.5, 0.6) is 0 Å². The van der Waals surface area contributed by atoms with E-state index in [-0.39, 0.29) is 30.4 Å². The lowest BCUT2D eigenvalue weighted by atomic mass is 9.97. The molecule has 20 heavy (non-hydrogen) atoms. The number of carbonyl (C=O) groups excluding carboxylic acids is 2. The number of piperidine rings is 1. The number of hydrogen-bond acceptors (Lipinski definition) is 3. The maximum atomic E-state index is 12.7. The van der Waals surface area contributed by atoms with Crippen molar-refractivity contribution in [1.82, 2.24) is 9.80 Å². The number of fused-ring (bicyclic) bond motifs is 1. The van der Waals surface area contributed by atoms with E-state index >= 15 is 0 Å². The molecule has 2 atom stereocenters. The Hall–Kier alpha value is -1.36. The van der Waals surface area contributed by atoms with Crippen LogP contribution in [0.4, 0.5) is 0 Å². The van der Waals surface area contributed by atoms with Crippen LogP contribution in [0.15, 0.2) is 12.1 Å². The van der Waals surface area contributed by atoms with E-state index in [2.05, 4.69) is 19.1 Å². The van der Waals surface area contributed by atoms with E-state index in [1.165, 1.54) is 4.88 Å². The first-order valence-electron chi connectivity index (χ1n) is 7.24. The Morgan fingerprint density at radius 1 is 1.30 bits per heavy atom. The normalized spacial score (nSPS) is 24.8. The molecule has 0 aromatic carbocycles. The average molecular weight is 292 g/mol. The molecular formula is C15H20N2O2S. The second kappa shape index (κ2) is 5.20. The van der Waals surface area contributed by atoms with Crippen LogP contribution in [0.1, 0.15) is 42.0 Å². The van der Waals surface area contributed by atoms with Crippen molar-refractivity contribution in [2.24, 2.45) is 0 Å². The third-order valence-corrected chi connectivity index (χ3v) is 5.51. The number of hydrogen-bond donors (Lipinski definition) is 0. The van der Waals surface area contributed by atoms with Crippen LogP contribution in [-0.2, 0) is 9.59 Å². The highest BCUT2D eigenvalue weighted by molar-refractivity contribution is 7.12. The second-order valence-electron chi connectivity index (χ2n) is 5.69. The molecule has 1 aromatic heterocycles. The summed E-state index contributed by atoms with van der Waals surface area (Å²) in [4.78, 5) is 30.9. The highest BCUT2D eigenvalue weighted by atomic mass is 32.1. The van der Waals surface area contributed by atoms with E-state index in [0.29, 0.717) is 0 Å². The minimum Gasteiger partial charge on any atom is -0.329 e. The standard InChI is InChI=1S/C15H20N2O2S/c1-10-6-7-13(20-10)11(2)17-9-14(18)16-8-4-3-5-12(16)15(17)19/h6-7,11-12H,3-5,8-9H2,1-2H3. The van der Waals surface area contributed by atoms with Crippen LogP contribution in [0.25, 0.3) is 0 Å². The molecule has 3 heterocycles. The van der Waals surface area contributed by atoms with E-state index in [1.807, 2.05) is 6.92 Å². The Kier molecular flexibility index (Phi) is 3.54. The zero-order valence-electron chi connectivity index (χ0n) is 12.0. The SMILES string of the molecule is Cc1ccc(C(C)N2CC(=O)N3CCCCC3C2=O)s1. The Balaban J connectivity index is 1.83. The smallest absolute Gasteiger partial charge is 0.246 e. The first-order chi connectivity index (χ1) is 9.58. The predicted octanol–water partition coefficient (Wildman–Crippen LogP) is 2.34. The number of amides is 2. The number of rotatable bonds is 2. The fourth-order valence-corrected chi connectivity index (χ4v) is 4.09. The molecule has 0 saturated carbocycles. The van der Waals surface area contributed by atoms with Crippen molar-refractivity contribution in [1.29, 1.82) is 0 Å². The third kappa shape index (κ3) is 2.24. The van der Waals surface area contributed by atoms with E-state index in [9.17, 15) is 9.59 Å². The maximum absolute atomic E-state index is 12.7. The first-order valence-corrected chi connectivity index (χ1v) is 8.06. The van der Waals surface area contributed by atoms with Crippen molar-refractivity contribution in [3.63, 3.8) is 0 Å². The number of nitrogens with zero attached hydrogens (tertiary/aromatic N) is 2. The molecular weight excluding hydrogens is 272 g/mol. The molecule has 0 radical (unpaired) electrons. The Labute approximate surface area is 123 Å². The fraction of sp³-hybridized carbons (Fsp3) is 0.600. The van der Waals surface area contributed by atoms with Gasteiger partial charge in [-0.2, -0.15) is 0 Å². The molecule has 2 amide bonds. The van der Waals surface area contributed by atoms with Crippen LogP contribution in [0.3, 0.4) is 0 Å². The number of carbonyl (C=O) groups is 2. The van der Waals surface area contributed by atoms with Crippen molar-refractivity contribution in [2.75, 3.05) is 13.1 Å². The van der Waals surface area contributed by atoms with Crippen LogP contribution >= 0.6 is 11.3 Å². The summed E-state index contributed by atoms with van der Waals surface area (Å²) in [7, 11) is 0. The van der Waals surface area contributed by atoms with Gasteiger partial charge in [-0.25, -0.2) is 0 Å². The number of piperazine rings is 1. The lowest BCUT2D eigenvalue weighted by molar-refractivity contribution is -0.159. The van der Waals surface area contributed by atoms with Gasteiger partial charge < -0.3 is 9.80 Å². The van der Waals surface area contributed by atoms with Gasteiger partial charge in [0.1, 0.15) is 12.6 Å². The summed E-state index contributed by atoms with van der Waals surface area (Å²) < 4.78 is 0. The van der Waals surface area contributed by atoms with Crippen molar-refractivity contribution in [3.8, 4) is 0 Å². The van der Waals surface area contributed by atoms with Gasteiger partial charge in [0.25, 0.3) is 0 Å². The van der Waals surface area contributed by atoms with E-state index in [1.54, 1.807) is 21.1 Å². The molecule has 0 aliphatic carbocycles. The molecule has 2 fully saturated rings. The zero-order chi connectivity index (χ0) is 14.3. The van der Waals surface area contributed by atoms with Crippen molar-refractivity contribution in [3.05, 3.63) is 21.9 Å². The van der Waals surface area contributed by atoms with Crippen molar-refractivity contribution in [2.45, 2.75) is 45.2 Å². The van der Waals surface area contributed by atoms with Gasteiger partial charge >= 0.3 is 0 Å². The fourth-order valence-electron chi connectivity index (χ4n) is 3.15. The molecule has 2 saturated heterocycles. The van der Waals surface area contributed by atoms with E-state index in [0.717, 1.165) is 30.7 Å². The molecule has 1 aromatic rings. The van der Waals surface area contributed by atoms with Gasteiger partial charge in [0.2, 0.25) is 11.8 Å². The lowest BCUT2D eigenvalue weighted by Crippen LogP contribution is -2.61. The topological polar surface area (TPSA) is 40.6 Å². The highest BCUT2D eigenvalue weighted by Gasteiger charge is 2.42. The van der Waals surface area contributed by atoms with Gasteiger partial charge in [0.05, 0.1) is 6.04 Å². The third-order valence-electron chi connectivity index (χ3n) is 4.34. The van der Waals surface area contributed by atoms with Gasteiger partial charge in [-0.1, -0.05) is 0 Å². The average Bonchev–Trinajstić information content (AvgIpc) is 2.89. The Bertz CT molecular complexity index is 540. The summed E-state index contributed by atoms with van der Waals surface area (Å²) in [5.41, 5.74) is 0. The molecule has 2 unspecified atom stereocenters. The highest BCUT2D eigenvalue weighted by Crippen LogP contribution is 2.32. The minimum atomic E-state index is -0.214. The minimum absolute atomic E-state index is 0.00535. The van der Waals surface area contributed by atoms with Gasteiger partial charge in [-0.3, -0.25) is 9.59 Å². The predicted molar refractivity (Wildman–Crippen MR) is 78.5 cm³/mol. The van der Waals surface area contributed by atoms with Gasteiger partial charge in [0.15, 0.2) is 0 Å². The van der Waals surface area contributed by atoms with Gasteiger partial charge in [-0.15, -0.1) is 11.3 Å². The van der Waals surface area contributed by atoms with Crippen LogP contribution < -0.4 is 0 Å². The summed E-state index contributed by atoms with van der Waals surface area (Å²) in [5.74, 6) is 0.234. The summed E-state index contributed by atoms with van der Waals surface area (Å²) in [6, 6.07) is 3.91. The Morgan fingerprint density at radius 2 is 2.10 bits per heavy atom. The summed E-state index contributed by atoms with van der Waals surface area (Å²) >= 11 is 1.70. The maximum Gasteiger partial charge on any atom is 0.246 e. The van der Waals surface area contributed by atoms with Crippen LogP contribution in [0, 0.1) is 6.92 Å². The molecule has 0 spiro atoms. The van der Waals surface area contributed by atoms with Crippen molar-refractivity contribution < 1.29 is 9.59 Å². The quantitative estimate of drug-likeness (QED) is 0.839. The molecule has 108 valence electrons. The number of thiophene rings is 1. The van der Waals surface area contributed by atoms with E-state index < -0.39 is 0 Å². The molecule has 2 aliphatic rings. The molecule has 5 heteroatoms. The Morgan fingerprint density at radius 3 is 2.80 bits per heavy atom. The molecule has 4 nitrogen and oxygen atoms in total. The summed E-state index contributed by atoms with van der Waals surface area (Å²) in [5, 5.41) is 0. The summed E-state index contributed by atoms with van der Waals surface area (Å²) in [6.07, 6.45) is 2.88. The molecule has 3 rings (SSSR count). The molecule has 2 aliphatic heterocycles. The molecule has 0 bridgehead atoms.